The normalized spacial score (nSPS) is 11.1. The number of aliphatic hydroxyl groups is 1. The third-order valence-electron chi connectivity index (χ3n) is 1.03. The molecule has 0 aliphatic heterocycles. The molecule has 11 heavy (non-hydrogen) atoms. The Kier molecular flexibility index (Phi) is 14.1. The number of aliphatic hydroxyl groups excluding tert-OH is 1. The minimum atomic E-state index is 0.345. The lowest BCUT2D eigenvalue weighted by Gasteiger charge is -1.78. The van der Waals surface area contributed by atoms with E-state index in [2.05, 4.69) is 13.8 Å². The van der Waals surface area contributed by atoms with Gasteiger partial charge in [0.05, 0.1) is 5.76 Å². The molecule has 0 unspecified atom stereocenters. The molecule has 0 aliphatic rings. The molecule has 0 amide bonds. The largest absolute Gasteiger partial charge is 0.513 e. The fourth-order valence-corrected chi connectivity index (χ4v) is 0.235. The lowest BCUT2D eigenvalue weighted by molar-refractivity contribution is 0.414. The van der Waals surface area contributed by atoms with Crippen molar-refractivity contribution in [3.05, 3.63) is 24.0 Å². The topological polar surface area (TPSA) is 20.2 Å². The maximum Gasteiger partial charge on any atom is 0.0891 e. The second-order valence-corrected chi connectivity index (χ2v) is 2.33. The van der Waals surface area contributed by atoms with Gasteiger partial charge in [0.15, 0.2) is 0 Å². The van der Waals surface area contributed by atoms with Crippen LogP contribution in [0.15, 0.2) is 24.0 Å². The molecule has 0 saturated carbocycles. The van der Waals surface area contributed by atoms with Gasteiger partial charge in [0.25, 0.3) is 0 Å². The third-order valence-corrected chi connectivity index (χ3v) is 1.03. The Morgan fingerprint density at radius 2 is 1.73 bits per heavy atom. The molecule has 0 aromatic heterocycles. The summed E-state index contributed by atoms with van der Waals surface area (Å²) in [6.07, 6.45) is 7.93. The number of hydrogen-bond acceptors (Lipinski definition) is 1. The van der Waals surface area contributed by atoms with E-state index in [-0.39, 0.29) is 0 Å². The summed E-state index contributed by atoms with van der Waals surface area (Å²) in [7, 11) is 0. The molecule has 0 atom stereocenters. The van der Waals surface area contributed by atoms with Crippen molar-refractivity contribution >= 4 is 0 Å². The van der Waals surface area contributed by atoms with Crippen molar-refractivity contribution in [1.82, 2.24) is 0 Å². The van der Waals surface area contributed by atoms with Crippen LogP contribution in [0.1, 0.15) is 40.5 Å². The van der Waals surface area contributed by atoms with Gasteiger partial charge in [0.2, 0.25) is 0 Å². The Bertz CT molecular complexity index is 106. The van der Waals surface area contributed by atoms with Gasteiger partial charge >= 0.3 is 0 Å². The van der Waals surface area contributed by atoms with Crippen LogP contribution in [0.25, 0.3) is 0 Å². The lowest BCUT2D eigenvalue weighted by atomic mass is 10.4. The smallest absolute Gasteiger partial charge is 0.0891 e. The zero-order chi connectivity index (χ0) is 9.11. The van der Waals surface area contributed by atoms with Crippen molar-refractivity contribution in [3.63, 3.8) is 0 Å². The fraction of sp³-hybridized carbons (Fsp3) is 0.600. The molecule has 1 nitrogen and oxygen atoms in total. The third kappa shape index (κ3) is 26.8. The lowest BCUT2D eigenvalue weighted by Crippen LogP contribution is -1.63. The molecular formula is C10H20O. The van der Waals surface area contributed by atoms with Crippen LogP contribution in [0, 0.1) is 0 Å². The molecule has 0 aromatic rings. The first-order valence-electron chi connectivity index (χ1n) is 4.17. The van der Waals surface area contributed by atoms with Crippen LogP contribution in [-0.2, 0) is 0 Å². The number of unbranched alkanes of at least 4 members (excludes halogenated alkanes) is 1. The predicted octanol–water partition coefficient (Wildman–Crippen LogP) is 3.83. The van der Waals surface area contributed by atoms with E-state index in [1.54, 1.807) is 19.1 Å². The van der Waals surface area contributed by atoms with Gasteiger partial charge in [-0.25, -0.2) is 0 Å². The summed E-state index contributed by atoms with van der Waals surface area (Å²) >= 11 is 0. The maximum atomic E-state index is 8.49. The molecule has 0 rings (SSSR count). The zero-order valence-electron chi connectivity index (χ0n) is 8.09. The van der Waals surface area contributed by atoms with E-state index in [4.69, 9.17) is 5.11 Å². The highest BCUT2D eigenvalue weighted by Crippen LogP contribution is 1.83. The van der Waals surface area contributed by atoms with Crippen LogP contribution in [-0.4, -0.2) is 5.11 Å². The van der Waals surface area contributed by atoms with Crippen LogP contribution >= 0.6 is 0 Å². The Labute approximate surface area is 70.4 Å². The second-order valence-electron chi connectivity index (χ2n) is 2.33. The van der Waals surface area contributed by atoms with Crippen molar-refractivity contribution in [3.8, 4) is 0 Å². The van der Waals surface area contributed by atoms with Gasteiger partial charge in [0.1, 0.15) is 0 Å². The Hall–Kier alpha value is -0.720. The van der Waals surface area contributed by atoms with Gasteiger partial charge < -0.3 is 5.11 Å². The zero-order valence-corrected chi connectivity index (χ0v) is 8.09. The summed E-state index contributed by atoms with van der Waals surface area (Å²) in [5.41, 5.74) is 0. The van der Waals surface area contributed by atoms with Crippen molar-refractivity contribution in [2.45, 2.75) is 40.5 Å². The van der Waals surface area contributed by atoms with Gasteiger partial charge in [-0.1, -0.05) is 38.8 Å². The number of hydrogen-bond donors (Lipinski definition) is 1. The molecule has 1 heteroatoms. The van der Waals surface area contributed by atoms with Crippen molar-refractivity contribution < 1.29 is 5.11 Å². The van der Waals surface area contributed by atoms with Gasteiger partial charge in [-0.3, -0.25) is 0 Å². The van der Waals surface area contributed by atoms with Crippen molar-refractivity contribution in [2.24, 2.45) is 0 Å². The average Bonchev–Trinajstić information content (AvgIpc) is 2.01. The van der Waals surface area contributed by atoms with Crippen molar-refractivity contribution in [2.75, 3.05) is 0 Å². The SMILES string of the molecule is C/C=C\C=C(/C)O.CCCC. The molecule has 0 heterocycles. The van der Waals surface area contributed by atoms with Crippen LogP contribution in [0.5, 0.6) is 0 Å². The minimum Gasteiger partial charge on any atom is -0.513 e. The summed E-state index contributed by atoms with van der Waals surface area (Å²) in [5.74, 6) is 0.345. The average molecular weight is 156 g/mol. The Morgan fingerprint density at radius 3 is 1.82 bits per heavy atom. The molecule has 0 bridgehead atoms. The Balaban J connectivity index is 0. The first-order valence-corrected chi connectivity index (χ1v) is 4.17. The summed E-state index contributed by atoms with van der Waals surface area (Å²) in [6, 6.07) is 0. The monoisotopic (exact) mass is 156 g/mol. The van der Waals surface area contributed by atoms with E-state index in [9.17, 15) is 0 Å². The standard InChI is InChI=1S/C6H10O.C4H10/c1-3-4-5-6(2)7;1-3-4-2/h3-5,7H,1-2H3;3-4H2,1-2H3/b4-3-,6-5+;. The molecule has 0 saturated heterocycles. The first-order chi connectivity index (χ1) is 5.18. The quantitative estimate of drug-likeness (QED) is 0.476. The van der Waals surface area contributed by atoms with E-state index < -0.39 is 0 Å². The molecule has 0 spiro atoms. The summed E-state index contributed by atoms with van der Waals surface area (Å²) in [4.78, 5) is 0. The highest BCUT2D eigenvalue weighted by Gasteiger charge is 1.68. The van der Waals surface area contributed by atoms with E-state index in [1.807, 2.05) is 13.0 Å². The maximum absolute atomic E-state index is 8.49. The van der Waals surface area contributed by atoms with Crippen LogP contribution < -0.4 is 0 Å². The molecule has 0 fully saturated rings. The molecular weight excluding hydrogens is 136 g/mol. The van der Waals surface area contributed by atoms with Gasteiger partial charge in [0, 0.05) is 0 Å². The van der Waals surface area contributed by atoms with E-state index in [0.29, 0.717) is 5.76 Å². The van der Waals surface area contributed by atoms with Gasteiger partial charge in [-0.05, 0) is 19.9 Å². The fourth-order valence-electron chi connectivity index (χ4n) is 0.235. The first kappa shape index (κ1) is 12.9. The number of rotatable bonds is 2. The minimum absolute atomic E-state index is 0.345. The molecule has 0 aromatic carbocycles. The summed E-state index contributed by atoms with van der Waals surface area (Å²) in [6.45, 7) is 7.90. The molecule has 66 valence electrons. The van der Waals surface area contributed by atoms with E-state index in [1.165, 1.54) is 12.8 Å². The molecule has 1 N–H and O–H groups in total. The number of allylic oxidation sites excluding steroid dienone is 4. The van der Waals surface area contributed by atoms with E-state index >= 15 is 0 Å². The molecule has 0 radical (unpaired) electrons. The summed E-state index contributed by atoms with van der Waals surface area (Å²) < 4.78 is 0. The van der Waals surface area contributed by atoms with Gasteiger partial charge in [-0.15, -0.1) is 0 Å². The van der Waals surface area contributed by atoms with Gasteiger partial charge in [-0.2, -0.15) is 0 Å². The molecule has 0 aliphatic carbocycles. The summed E-state index contributed by atoms with van der Waals surface area (Å²) in [5, 5.41) is 8.49. The van der Waals surface area contributed by atoms with Crippen molar-refractivity contribution in [1.29, 1.82) is 0 Å². The Morgan fingerprint density at radius 1 is 1.27 bits per heavy atom. The second kappa shape index (κ2) is 12.0. The van der Waals surface area contributed by atoms with E-state index in [0.717, 1.165) is 0 Å². The highest BCUT2D eigenvalue weighted by atomic mass is 16.3. The highest BCUT2D eigenvalue weighted by molar-refractivity contribution is 5.03. The van der Waals surface area contributed by atoms with Crippen LogP contribution in [0.2, 0.25) is 0 Å². The van der Waals surface area contributed by atoms with Crippen LogP contribution in [0.4, 0.5) is 0 Å². The predicted molar refractivity (Wildman–Crippen MR) is 51.8 cm³/mol. The van der Waals surface area contributed by atoms with Crippen LogP contribution in [0.3, 0.4) is 0 Å².